The smallest absolute Gasteiger partial charge is 0.152 e. The molecule has 0 bridgehead atoms. The summed E-state index contributed by atoms with van der Waals surface area (Å²) in [4.78, 5) is 4.37. The van der Waals surface area contributed by atoms with E-state index in [0.717, 1.165) is 31.3 Å². The third kappa shape index (κ3) is 2.34. The summed E-state index contributed by atoms with van der Waals surface area (Å²) in [5.41, 5.74) is 0.776. The number of nitrogens with one attached hydrogen (secondary N) is 1. The van der Waals surface area contributed by atoms with E-state index in [2.05, 4.69) is 10.3 Å². The summed E-state index contributed by atoms with van der Waals surface area (Å²) in [5, 5.41) is 3.44. The van der Waals surface area contributed by atoms with Crippen molar-refractivity contribution in [2.75, 3.05) is 6.54 Å². The standard InChI is InChI=1S/C14H17F2N3/c1-19-13(8-10-4-2-3-5-17-10)18-12-7-9(15)6-11(16)14(12)19/h6-7,10,17H,2-5,8H2,1H3. The number of nitrogens with zero attached hydrogens (tertiary/aromatic N) is 2. The van der Waals surface area contributed by atoms with Crippen LogP contribution in [0.15, 0.2) is 12.1 Å². The number of rotatable bonds is 2. The zero-order valence-corrected chi connectivity index (χ0v) is 10.9. The van der Waals surface area contributed by atoms with Crippen LogP contribution in [-0.2, 0) is 13.5 Å². The van der Waals surface area contributed by atoms with Gasteiger partial charge in [0.25, 0.3) is 0 Å². The summed E-state index contributed by atoms with van der Waals surface area (Å²) in [5.74, 6) is -0.322. The number of benzene rings is 1. The van der Waals surface area contributed by atoms with Crippen LogP contribution in [0.1, 0.15) is 25.1 Å². The highest BCUT2D eigenvalue weighted by molar-refractivity contribution is 5.76. The molecule has 0 aliphatic carbocycles. The van der Waals surface area contributed by atoms with Crippen molar-refractivity contribution in [2.45, 2.75) is 31.7 Å². The maximum atomic E-state index is 13.8. The van der Waals surface area contributed by atoms with Gasteiger partial charge >= 0.3 is 0 Å². The lowest BCUT2D eigenvalue weighted by molar-refractivity contribution is 0.392. The fourth-order valence-electron chi connectivity index (χ4n) is 2.81. The first-order valence-electron chi connectivity index (χ1n) is 6.69. The molecule has 2 heterocycles. The van der Waals surface area contributed by atoms with Crippen molar-refractivity contribution >= 4 is 11.0 Å². The van der Waals surface area contributed by atoms with Crippen molar-refractivity contribution in [3.05, 3.63) is 29.6 Å². The van der Waals surface area contributed by atoms with Gasteiger partial charge in [-0.2, -0.15) is 0 Å². The lowest BCUT2D eigenvalue weighted by Crippen LogP contribution is -2.36. The number of hydrogen-bond acceptors (Lipinski definition) is 2. The normalized spacial score (nSPS) is 20.1. The van der Waals surface area contributed by atoms with Crippen LogP contribution in [-0.4, -0.2) is 22.1 Å². The molecule has 1 fully saturated rings. The fourth-order valence-corrected chi connectivity index (χ4v) is 2.81. The first kappa shape index (κ1) is 12.5. The van der Waals surface area contributed by atoms with Crippen molar-refractivity contribution in [3.63, 3.8) is 0 Å². The highest BCUT2D eigenvalue weighted by atomic mass is 19.1. The van der Waals surface area contributed by atoms with Crippen LogP contribution in [0.2, 0.25) is 0 Å². The van der Waals surface area contributed by atoms with E-state index in [1.54, 1.807) is 11.6 Å². The molecule has 3 nitrogen and oxygen atoms in total. The first-order valence-corrected chi connectivity index (χ1v) is 6.69. The van der Waals surface area contributed by atoms with Crippen molar-refractivity contribution < 1.29 is 8.78 Å². The minimum Gasteiger partial charge on any atom is -0.329 e. The van der Waals surface area contributed by atoms with E-state index in [9.17, 15) is 8.78 Å². The predicted molar refractivity (Wildman–Crippen MR) is 70.0 cm³/mol. The van der Waals surface area contributed by atoms with Gasteiger partial charge in [0.05, 0.1) is 5.52 Å². The Bertz CT molecular complexity index is 600. The molecule has 19 heavy (non-hydrogen) atoms. The van der Waals surface area contributed by atoms with Gasteiger partial charge in [-0.25, -0.2) is 13.8 Å². The topological polar surface area (TPSA) is 29.9 Å². The molecule has 3 rings (SSSR count). The summed E-state index contributed by atoms with van der Waals surface area (Å²) in [7, 11) is 1.79. The first-order chi connectivity index (χ1) is 9.15. The van der Waals surface area contributed by atoms with Crippen LogP contribution in [0.5, 0.6) is 0 Å². The molecule has 1 aliphatic rings. The number of fused-ring (bicyclic) bond motifs is 1. The predicted octanol–water partition coefficient (Wildman–Crippen LogP) is 2.54. The van der Waals surface area contributed by atoms with Gasteiger partial charge in [-0.15, -0.1) is 0 Å². The second-order valence-electron chi connectivity index (χ2n) is 5.19. The Balaban J connectivity index is 1.95. The molecule has 102 valence electrons. The monoisotopic (exact) mass is 265 g/mol. The molecule has 2 aromatic rings. The van der Waals surface area contributed by atoms with Gasteiger partial charge in [0.15, 0.2) is 5.82 Å². The second-order valence-corrected chi connectivity index (χ2v) is 5.19. The van der Waals surface area contributed by atoms with E-state index in [-0.39, 0.29) is 0 Å². The molecular weight excluding hydrogens is 248 g/mol. The second kappa shape index (κ2) is 4.89. The van der Waals surface area contributed by atoms with E-state index in [1.807, 2.05) is 0 Å². The SMILES string of the molecule is Cn1c(CC2CCCCN2)nc2cc(F)cc(F)c21. The van der Waals surface area contributed by atoms with Gasteiger partial charge in [-0.1, -0.05) is 6.42 Å². The Morgan fingerprint density at radius 2 is 2.21 bits per heavy atom. The van der Waals surface area contributed by atoms with Crippen molar-refractivity contribution in [2.24, 2.45) is 7.05 Å². The van der Waals surface area contributed by atoms with E-state index >= 15 is 0 Å². The summed E-state index contributed by atoms with van der Waals surface area (Å²) < 4.78 is 28.7. The van der Waals surface area contributed by atoms with Crippen LogP contribution < -0.4 is 5.32 Å². The van der Waals surface area contributed by atoms with E-state index in [1.165, 1.54) is 18.9 Å². The van der Waals surface area contributed by atoms with E-state index < -0.39 is 11.6 Å². The third-order valence-electron chi connectivity index (χ3n) is 3.82. The minimum atomic E-state index is -0.578. The van der Waals surface area contributed by atoms with E-state index in [4.69, 9.17) is 0 Å². The molecule has 1 aliphatic heterocycles. The number of piperidine rings is 1. The van der Waals surface area contributed by atoms with Crippen LogP contribution in [0.25, 0.3) is 11.0 Å². The molecule has 0 radical (unpaired) electrons. The lowest BCUT2D eigenvalue weighted by Gasteiger charge is -2.23. The fraction of sp³-hybridized carbons (Fsp3) is 0.500. The molecule has 5 heteroatoms. The molecule has 1 unspecified atom stereocenters. The van der Waals surface area contributed by atoms with Gasteiger partial charge in [0.2, 0.25) is 0 Å². The number of aromatic nitrogens is 2. The molecule has 0 amide bonds. The number of halogens is 2. The quantitative estimate of drug-likeness (QED) is 0.904. The van der Waals surface area contributed by atoms with Crippen LogP contribution in [0.3, 0.4) is 0 Å². The lowest BCUT2D eigenvalue weighted by atomic mass is 10.0. The minimum absolute atomic E-state index is 0.382. The Kier molecular flexibility index (Phi) is 3.22. The molecule has 1 saturated heterocycles. The maximum absolute atomic E-state index is 13.8. The van der Waals surface area contributed by atoms with Gasteiger partial charge < -0.3 is 9.88 Å². The van der Waals surface area contributed by atoms with Crippen LogP contribution in [0.4, 0.5) is 8.78 Å². The van der Waals surface area contributed by atoms with Gasteiger partial charge in [-0.05, 0) is 19.4 Å². The molecular formula is C14H17F2N3. The van der Waals surface area contributed by atoms with Crippen LogP contribution >= 0.6 is 0 Å². The largest absolute Gasteiger partial charge is 0.329 e. The van der Waals surface area contributed by atoms with E-state index in [0.29, 0.717) is 17.1 Å². The Labute approximate surface area is 110 Å². The van der Waals surface area contributed by atoms with Crippen molar-refractivity contribution in [1.29, 1.82) is 0 Å². The van der Waals surface area contributed by atoms with Gasteiger partial charge in [0.1, 0.15) is 17.2 Å². The molecule has 0 saturated carbocycles. The summed E-state index contributed by atoms with van der Waals surface area (Å²) >= 11 is 0. The summed E-state index contributed by atoms with van der Waals surface area (Å²) in [6, 6.07) is 2.58. The zero-order valence-electron chi connectivity index (χ0n) is 10.9. The highest BCUT2D eigenvalue weighted by Crippen LogP contribution is 2.21. The van der Waals surface area contributed by atoms with Crippen LogP contribution in [0, 0.1) is 11.6 Å². The summed E-state index contributed by atoms with van der Waals surface area (Å²) in [6.07, 6.45) is 4.29. The zero-order chi connectivity index (χ0) is 13.4. The van der Waals surface area contributed by atoms with Gasteiger partial charge in [-0.3, -0.25) is 0 Å². The molecule has 1 aromatic heterocycles. The Morgan fingerprint density at radius 3 is 2.95 bits per heavy atom. The third-order valence-corrected chi connectivity index (χ3v) is 3.82. The van der Waals surface area contributed by atoms with Gasteiger partial charge in [0, 0.05) is 31.6 Å². The molecule has 0 spiro atoms. The highest BCUT2D eigenvalue weighted by Gasteiger charge is 2.18. The molecule has 1 atom stereocenters. The molecule has 1 N–H and O–H groups in total. The van der Waals surface area contributed by atoms with Crippen molar-refractivity contribution in [1.82, 2.24) is 14.9 Å². The number of imidazole rings is 1. The Hall–Kier alpha value is -1.49. The number of aryl methyl sites for hydroxylation is 1. The number of hydrogen-bond donors (Lipinski definition) is 1. The maximum Gasteiger partial charge on any atom is 0.152 e. The average Bonchev–Trinajstić information content (AvgIpc) is 2.67. The Morgan fingerprint density at radius 1 is 1.37 bits per heavy atom. The van der Waals surface area contributed by atoms with Crippen molar-refractivity contribution in [3.8, 4) is 0 Å². The average molecular weight is 265 g/mol. The summed E-state index contributed by atoms with van der Waals surface area (Å²) in [6.45, 7) is 1.03. The molecule has 1 aromatic carbocycles.